The van der Waals surface area contributed by atoms with Crippen molar-refractivity contribution < 1.29 is 9.63 Å². The summed E-state index contributed by atoms with van der Waals surface area (Å²) in [5, 5.41) is 13.5. The minimum absolute atomic E-state index is 0.0231. The van der Waals surface area contributed by atoms with E-state index in [9.17, 15) is 5.11 Å². The van der Waals surface area contributed by atoms with Gasteiger partial charge in [-0.1, -0.05) is 5.16 Å². The Bertz CT molecular complexity index is 532. The molecular weight excluding hydrogens is 206 g/mol. The number of aliphatic hydroxyl groups excluding tert-OH is 1. The van der Waals surface area contributed by atoms with Crippen LogP contribution in [0, 0.1) is 13.8 Å². The maximum absolute atomic E-state index is 9.76. The second-order valence-electron chi connectivity index (χ2n) is 3.44. The van der Waals surface area contributed by atoms with Crippen molar-refractivity contribution in [2.24, 2.45) is 0 Å². The zero-order chi connectivity index (χ0) is 11.5. The van der Waals surface area contributed by atoms with E-state index in [1.165, 1.54) is 12.4 Å². The first-order chi connectivity index (χ1) is 7.65. The van der Waals surface area contributed by atoms with Gasteiger partial charge in [0.25, 0.3) is 0 Å². The first kappa shape index (κ1) is 10.4. The molecule has 0 amide bonds. The van der Waals surface area contributed by atoms with Gasteiger partial charge in [-0.2, -0.15) is 0 Å². The molecule has 0 atom stereocenters. The lowest BCUT2D eigenvalue weighted by Gasteiger charge is -1.95. The highest BCUT2D eigenvalue weighted by Gasteiger charge is 2.05. The van der Waals surface area contributed by atoms with Crippen molar-refractivity contribution in [3.8, 4) is 0 Å². The summed E-state index contributed by atoms with van der Waals surface area (Å²) >= 11 is 0. The first-order valence-electron chi connectivity index (χ1n) is 4.78. The Morgan fingerprint density at radius 1 is 1.31 bits per heavy atom. The Morgan fingerprint density at radius 3 is 2.75 bits per heavy atom. The standard InChI is InChI=1S/C11H11N3O2/c1-7-3-9(13-6-12-7)5-11(15)10-4-8(2)16-14-10/h3-6,15H,1-2H3/b11-5-. The second-order valence-corrected chi connectivity index (χ2v) is 3.44. The fraction of sp³-hybridized carbons (Fsp3) is 0.182. The lowest BCUT2D eigenvalue weighted by molar-refractivity contribution is 0.390. The molecule has 0 unspecified atom stereocenters. The summed E-state index contributed by atoms with van der Waals surface area (Å²) in [5.41, 5.74) is 1.87. The van der Waals surface area contributed by atoms with E-state index in [0.29, 0.717) is 17.1 Å². The Kier molecular flexibility index (Phi) is 2.68. The van der Waals surface area contributed by atoms with Crippen LogP contribution in [0.15, 0.2) is 23.0 Å². The maximum Gasteiger partial charge on any atom is 0.148 e. The minimum atomic E-state index is 0.0231. The monoisotopic (exact) mass is 217 g/mol. The van der Waals surface area contributed by atoms with Gasteiger partial charge >= 0.3 is 0 Å². The number of rotatable bonds is 2. The molecule has 1 N–H and O–H groups in total. The smallest absolute Gasteiger partial charge is 0.148 e. The molecule has 0 aliphatic rings. The molecule has 0 radical (unpaired) electrons. The van der Waals surface area contributed by atoms with Gasteiger partial charge in [0.1, 0.15) is 23.5 Å². The SMILES string of the molecule is Cc1cc(/C=C(\O)c2cc(C)on2)ncn1. The van der Waals surface area contributed by atoms with Crippen LogP contribution < -0.4 is 0 Å². The molecule has 5 heteroatoms. The highest BCUT2D eigenvalue weighted by Crippen LogP contribution is 2.14. The van der Waals surface area contributed by atoms with Gasteiger partial charge < -0.3 is 9.63 Å². The summed E-state index contributed by atoms with van der Waals surface area (Å²) < 4.78 is 4.86. The Morgan fingerprint density at radius 2 is 2.12 bits per heavy atom. The fourth-order valence-corrected chi connectivity index (χ4v) is 1.26. The van der Waals surface area contributed by atoms with Gasteiger partial charge in [-0.3, -0.25) is 0 Å². The van der Waals surface area contributed by atoms with E-state index in [-0.39, 0.29) is 5.76 Å². The molecule has 2 rings (SSSR count). The zero-order valence-electron chi connectivity index (χ0n) is 9.01. The predicted molar refractivity (Wildman–Crippen MR) is 58.5 cm³/mol. The number of hydrogen-bond acceptors (Lipinski definition) is 5. The van der Waals surface area contributed by atoms with Gasteiger partial charge in [0.15, 0.2) is 0 Å². The molecule has 0 aliphatic heterocycles. The van der Waals surface area contributed by atoms with Crippen LogP contribution in [-0.4, -0.2) is 20.2 Å². The van der Waals surface area contributed by atoms with Crippen molar-refractivity contribution >= 4 is 11.8 Å². The first-order valence-corrected chi connectivity index (χ1v) is 4.78. The average molecular weight is 217 g/mol. The molecule has 0 fully saturated rings. The van der Waals surface area contributed by atoms with Crippen LogP contribution in [0.4, 0.5) is 0 Å². The van der Waals surface area contributed by atoms with E-state index in [4.69, 9.17) is 4.52 Å². The summed E-state index contributed by atoms with van der Waals surface area (Å²) in [6.45, 7) is 3.62. The second kappa shape index (κ2) is 4.14. The van der Waals surface area contributed by atoms with Crippen LogP contribution in [0.2, 0.25) is 0 Å². The molecule has 82 valence electrons. The van der Waals surface area contributed by atoms with Crippen LogP contribution in [0.5, 0.6) is 0 Å². The predicted octanol–water partition coefficient (Wildman–Crippen LogP) is 2.14. The van der Waals surface area contributed by atoms with Gasteiger partial charge in [0.2, 0.25) is 0 Å². The van der Waals surface area contributed by atoms with E-state index in [1.54, 1.807) is 19.1 Å². The highest BCUT2D eigenvalue weighted by molar-refractivity contribution is 5.73. The summed E-state index contributed by atoms with van der Waals surface area (Å²) in [6.07, 6.45) is 2.97. The van der Waals surface area contributed by atoms with E-state index in [1.807, 2.05) is 6.92 Å². The average Bonchev–Trinajstić information content (AvgIpc) is 2.65. The van der Waals surface area contributed by atoms with E-state index >= 15 is 0 Å². The van der Waals surface area contributed by atoms with Crippen LogP contribution in [-0.2, 0) is 0 Å². The molecule has 16 heavy (non-hydrogen) atoms. The summed E-state index contributed by atoms with van der Waals surface area (Å²) in [7, 11) is 0. The molecule has 0 bridgehead atoms. The molecular formula is C11H11N3O2. The van der Waals surface area contributed by atoms with Crippen molar-refractivity contribution in [2.45, 2.75) is 13.8 Å². The van der Waals surface area contributed by atoms with Crippen LogP contribution in [0.25, 0.3) is 11.8 Å². The Hall–Kier alpha value is -2.17. The minimum Gasteiger partial charge on any atom is -0.505 e. The number of hydrogen-bond donors (Lipinski definition) is 1. The molecule has 0 aliphatic carbocycles. The summed E-state index contributed by atoms with van der Waals surface area (Å²) in [4.78, 5) is 7.97. The molecule has 2 aromatic rings. The molecule has 0 saturated heterocycles. The molecule has 0 saturated carbocycles. The van der Waals surface area contributed by atoms with Gasteiger partial charge in [0.05, 0.1) is 5.69 Å². The third kappa shape index (κ3) is 2.25. The largest absolute Gasteiger partial charge is 0.505 e. The van der Waals surface area contributed by atoms with Crippen molar-refractivity contribution in [3.05, 3.63) is 41.3 Å². The maximum atomic E-state index is 9.76. The quantitative estimate of drug-likeness (QED) is 0.780. The van der Waals surface area contributed by atoms with Gasteiger partial charge in [-0.05, 0) is 19.9 Å². The van der Waals surface area contributed by atoms with Gasteiger partial charge in [0, 0.05) is 17.8 Å². The number of nitrogens with zero attached hydrogens (tertiary/aromatic N) is 3. The zero-order valence-corrected chi connectivity index (χ0v) is 9.01. The van der Waals surface area contributed by atoms with Crippen molar-refractivity contribution in [2.75, 3.05) is 0 Å². The third-order valence-electron chi connectivity index (χ3n) is 2.00. The van der Waals surface area contributed by atoms with E-state index in [0.717, 1.165) is 5.69 Å². The number of aryl methyl sites for hydroxylation is 2. The van der Waals surface area contributed by atoms with Crippen molar-refractivity contribution in [3.63, 3.8) is 0 Å². The Labute approximate surface area is 92.5 Å². The van der Waals surface area contributed by atoms with Gasteiger partial charge in [-0.15, -0.1) is 0 Å². The molecule has 2 heterocycles. The summed E-state index contributed by atoms with van der Waals surface area (Å²) in [5.74, 6) is 0.670. The third-order valence-corrected chi connectivity index (χ3v) is 2.00. The van der Waals surface area contributed by atoms with Crippen LogP contribution in [0.1, 0.15) is 22.8 Å². The van der Waals surface area contributed by atoms with Crippen LogP contribution in [0.3, 0.4) is 0 Å². The number of aromatic nitrogens is 3. The Balaban J connectivity index is 2.31. The highest BCUT2D eigenvalue weighted by atomic mass is 16.5. The molecule has 2 aromatic heterocycles. The van der Waals surface area contributed by atoms with Crippen molar-refractivity contribution in [1.29, 1.82) is 0 Å². The fourth-order valence-electron chi connectivity index (χ4n) is 1.26. The van der Waals surface area contributed by atoms with E-state index < -0.39 is 0 Å². The van der Waals surface area contributed by atoms with Gasteiger partial charge in [-0.25, -0.2) is 9.97 Å². The lowest BCUT2D eigenvalue weighted by atomic mass is 10.2. The normalized spacial score (nSPS) is 11.8. The number of aliphatic hydroxyl groups is 1. The lowest BCUT2D eigenvalue weighted by Crippen LogP contribution is -1.88. The molecule has 5 nitrogen and oxygen atoms in total. The topological polar surface area (TPSA) is 72.0 Å². The van der Waals surface area contributed by atoms with Crippen LogP contribution >= 0.6 is 0 Å². The molecule has 0 aromatic carbocycles. The van der Waals surface area contributed by atoms with Crippen molar-refractivity contribution in [1.82, 2.24) is 15.1 Å². The summed E-state index contributed by atoms with van der Waals surface area (Å²) in [6, 6.07) is 3.42. The van der Waals surface area contributed by atoms with E-state index in [2.05, 4.69) is 15.1 Å². The molecule has 0 spiro atoms.